The van der Waals surface area contributed by atoms with Crippen LogP contribution in [0, 0.1) is 0 Å². The van der Waals surface area contributed by atoms with E-state index in [-0.39, 0.29) is 41.8 Å². The summed E-state index contributed by atoms with van der Waals surface area (Å²) in [6.45, 7) is 1.75. The fraction of sp³-hybridized carbons (Fsp3) is 0.238. The first-order valence-electron chi connectivity index (χ1n) is 9.17. The summed E-state index contributed by atoms with van der Waals surface area (Å²) in [7, 11) is 0. The predicted molar refractivity (Wildman–Crippen MR) is 101 cm³/mol. The highest BCUT2D eigenvalue weighted by atomic mass is 16.6. The summed E-state index contributed by atoms with van der Waals surface area (Å²) in [6, 6.07) is 8.12. The van der Waals surface area contributed by atoms with Gasteiger partial charge in [-0.05, 0) is 36.8 Å². The molecule has 0 fully saturated rings. The highest BCUT2D eigenvalue weighted by Gasteiger charge is 2.45. The Kier molecular flexibility index (Phi) is 3.48. The molecule has 8 nitrogen and oxygen atoms in total. The monoisotopic (exact) mass is 392 g/mol. The standard InChI is InChI=1S/C21H16N2O6/c1-2-21(28)14-7-16-17-12(8-23(16)18(24)13(14)9-29-20(21)27)6-11-5-10(19(25)26)3-4-15(11)22-17/h3-7,28H,2,8-9H2,1H3,(H,25,26)/t21-/m0/s1. The van der Waals surface area contributed by atoms with E-state index >= 15 is 0 Å². The third kappa shape index (κ3) is 2.29. The van der Waals surface area contributed by atoms with Gasteiger partial charge in [0.15, 0.2) is 5.60 Å². The Hall–Kier alpha value is -3.52. The van der Waals surface area contributed by atoms with Gasteiger partial charge < -0.3 is 19.5 Å². The molecule has 1 aromatic carbocycles. The summed E-state index contributed by atoms with van der Waals surface area (Å²) >= 11 is 0. The number of aromatic nitrogens is 2. The van der Waals surface area contributed by atoms with Crippen LogP contribution in [-0.2, 0) is 28.3 Å². The number of ether oxygens (including phenoxy) is 1. The second kappa shape index (κ2) is 5.74. The molecule has 2 N–H and O–H groups in total. The van der Waals surface area contributed by atoms with Gasteiger partial charge in [0, 0.05) is 16.5 Å². The van der Waals surface area contributed by atoms with Crippen molar-refractivity contribution >= 4 is 22.8 Å². The second-order valence-electron chi connectivity index (χ2n) is 7.31. The van der Waals surface area contributed by atoms with E-state index in [1.807, 2.05) is 6.07 Å². The zero-order chi connectivity index (χ0) is 20.5. The van der Waals surface area contributed by atoms with E-state index in [1.54, 1.807) is 29.7 Å². The Labute approximate surface area is 164 Å². The van der Waals surface area contributed by atoms with E-state index in [0.717, 1.165) is 5.56 Å². The first-order valence-corrected chi connectivity index (χ1v) is 9.17. The van der Waals surface area contributed by atoms with E-state index in [1.165, 1.54) is 6.07 Å². The molecule has 0 aliphatic carbocycles. The van der Waals surface area contributed by atoms with Crippen molar-refractivity contribution in [2.45, 2.75) is 32.1 Å². The van der Waals surface area contributed by atoms with Crippen LogP contribution in [0.1, 0.15) is 40.4 Å². The highest BCUT2D eigenvalue weighted by molar-refractivity contribution is 5.94. The van der Waals surface area contributed by atoms with Crippen molar-refractivity contribution in [1.29, 1.82) is 0 Å². The lowest BCUT2D eigenvalue weighted by molar-refractivity contribution is -0.172. The third-order valence-corrected chi connectivity index (χ3v) is 5.75. The molecule has 3 aromatic rings. The maximum atomic E-state index is 13.1. The number of hydrogen-bond donors (Lipinski definition) is 2. The SMILES string of the molecule is CC[C@@]1(O)C(=O)OCc2c1cc1n(c2=O)Cc2cc3cc(C(=O)O)ccc3nc2-1. The number of carboxylic acid groups (broad SMARTS) is 1. The van der Waals surface area contributed by atoms with E-state index in [9.17, 15) is 24.6 Å². The van der Waals surface area contributed by atoms with Crippen molar-refractivity contribution in [2.24, 2.45) is 0 Å². The van der Waals surface area contributed by atoms with E-state index in [2.05, 4.69) is 4.98 Å². The lowest BCUT2D eigenvalue weighted by atomic mass is 9.86. The number of pyridine rings is 2. The average Bonchev–Trinajstić information content (AvgIpc) is 3.07. The van der Waals surface area contributed by atoms with Gasteiger partial charge in [0.1, 0.15) is 6.61 Å². The molecular weight excluding hydrogens is 376 g/mol. The number of cyclic esters (lactones) is 1. The number of fused-ring (bicyclic) bond motifs is 5. The minimum atomic E-state index is -1.86. The van der Waals surface area contributed by atoms with Crippen LogP contribution in [0.25, 0.3) is 22.3 Å². The van der Waals surface area contributed by atoms with Crippen molar-refractivity contribution in [3.8, 4) is 11.4 Å². The van der Waals surface area contributed by atoms with Crippen LogP contribution < -0.4 is 5.56 Å². The highest BCUT2D eigenvalue weighted by Crippen LogP contribution is 2.38. The van der Waals surface area contributed by atoms with Crippen LogP contribution in [-0.4, -0.2) is 31.7 Å². The molecule has 2 aliphatic heterocycles. The van der Waals surface area contributed by atoms with Gasteiger partial charge in [-0.1, -0.05) is 6.92 Å². The zero-order valence-corrected chi connectivity index (χ0v) is 15.4. The third-order valence-electron chi connectivity index (χ3n) is 5.75. The molecular formula is C21H16N2O6. The fourth-order valence-corrected chi connectivity index (χ4v) is 4.12. The summed E-state index contributed by atoms with van der Waals surface area (Å²) in [6.07, 6.45) is 0.0810. The number of hydrogen-bond acceptors (Lipinski definition) is 6. The molecule has 4 heterocycles. The van der Waals surface area contributed by atoms with Crippen LogP contribution in [0.2, 0.25) is 0 Å². The number of carbonyl (C=O) groups excluding carboxylic acids is 1. The van der Waals surface area contributed by atoms with E-state index < -0.39 is 17.5 Å². The maximum Gasteiger partial charge on any atom is 0.343 e. The average molecular weight is 392 g/mol. The summed E-state index contributed by atoms with van der Waals surface area (Å²) in [4.78, 5) is 41.1. The minimum absolute atomic E-state index is 0.0810. The molecule has 0 saturated carbocycles. The maximum absolute atomic E-state index is 13.1. The van der Waals surface area contributed by atoms with Gasteiger partial charge >= 0.3 is 11.9 Å². The normalized spacial score (nSPS) is 19.4. The number of nitrogens with zero attached hydrogens (tertiary/aromatic N) is 2. The summed E-state index contributed by atoms with van der Waals surface area (Å²) in [5, 5.41) is 20.7. The molecule has 5 rings (SSSR count). The Balaban J connectivity index is 1.75. The Morgan fingerprint density at radius 2 is 2.07 bits per heavy atom. The number of benzene rings is 1. The molecule has 1 atom stereocenters. The van der Waals surface area contributed by atoms with E-state index in [0.29, 0.717) is 22.3 Å². The molecule has 0 saturated heterocycles. The first kappa shape index (κ1) is 17.6. The predicted octanol–water partition coefficient (Wildman–Crippen LogP) is 1.78. The van der Waals surface area contributed by atoms with Crippen molar-refractivity contribution in [2.75, 3.05) is 0 Å². The van der Waals surface area contributed by atoms with Gasteiger partial charge in [-0.3, -0.25) is 4.79 Å². The molecule has 0 unspecified atom stereocenters. The largest absolute Gasteiger partial charge is 0.478 e. The van der Waals surface area contributed by atoms with Gasteiger partial charge in [0.05, 0.1) is 34.6 Å². The second-order valence-corrected chi connectivity index (χ2v) is 7.31. The molecule has 0 amide bonds. The number of aromatic carboxylic acids is 1. The van der Waals surface area contributed by atoms with Crippen LogP contribution >= 0.6 is 0 Å². The van der Waals surface area contributed by atoms with Gasteiger partial charge in [-0.25, -0.2) is 14.6 Å². The van der Waals surface area contributed by atoms with Crippen LogP contribution in [0.3, 0.4) is 0 Å². The molecule has 0 bridgehead atoms. The summed E-state index contributed by atoms with van der Waals surface area (Å²) in [5.41, 5.74) is 0.970. The van der Waals surface area contributed by atoms with Gasteiger partial charge in [0.2, 0.25) is 0 Å². The molecule has 29 heavy (non-hydrogen) atoms. The Bertz CT molecular complexity index is 1310. The molecule has 0 radical (unpaired) electrons. The van der Waals surface area contributed by atoms with Crippen molar-refractivity contribution in [3.05, 3.63) is 62.9 Å². The topological polar surface area (TPSA) is 119 Å². The van der Waals surface area contributed by atoms with Crippen LogP contribution in [0.5, 0.6) is 0 Å². The molecule has 2 aromatic heterocycles. The fourth-order valence-electron chi connectivity index (χ4n) is 4.12. The molecule has 2 aliphatic rings. The molecule has 146 valence electrons. The van der Waals surface area contributed by atoms with Gasteiger partial charge in [-0.2, -0.15) is 0 Å². The molecule has 0 spiro atoms. The Morgan fingerprint density at radius 3 is 2.79 bits per heavy atom. The lowest BCUT2D eigenvalue weighted by Gasteiger charge is -2.31. The Morgan fingerprint density at radius 1 is 1.28 bits per heavy atom. The lowest BCUT2D eigenvalue weighted by Crippen LogP contribution is -2.44. The molecule has 8 heteroatoms. The van der Waals surface area contributed by atoms with Crippen molar-refractivity contribution < 1.29 is 24.5 Å². The van der Waals surface area contributed by atoms with Crippen molar-refractivity contribution in [3.63, 3.8) is 0 Å². The first-order chi connectivity index (χ1) is 13.8. The summed E-state index contributed by atoms with van der Waals surface area (Å²) in [5.74, 6) is -1.79. The van der Waals surface area contributed by atoms with Crippen LogP contribution in [0.15, 0.2) is 35.1 Å². The van der Waals surface area contributed by atoms with Crippen molar-refractivity contribution in [1.82, 2.24) is 9.55 Å². The number of carbonyl (C=O) groups is 2. The van der Waals surface area contributed by atoms with Gasteiger partial charge in [-0.15, -0.1) is 0 Å². The van der Waals surface area contributed by atoms with Crippen LogP contribution in [0.4, 0.5) is 0 Å². The smallest absolute Gasteiger partial charge is 0.343 e. The minimum Gasteiger partial charge on any atom is -0.478 e. The van der Waals surface area contributed by atoms with Gasteiger partial charge in [0.25, 0.3) is 5.56 Å². The zero-order valence-electron chi connectivity index (χ0n) is 15.4. The number of aliphatic hydroxyl groups is 1. The number of rotatable bonds is 2. The van der Waals surface area contributed by atoms with E-state index in [4.69, 9.17) is 4.74 Å². The number of carboxylic acids is 1. The summed E-state index contributed by atoms with van der Waals surface area (Å²) < 4.78 is 6.60. The number of esters is 1. The quantitative estimate of drug-likeness (QED) is 0.499.